The number of hydrogen-bond acceptors (Lipinski definition) is 5. The number of fused-ring (bicyclic) bond motifs is 2. The average molecular weight is 494 g/mol. The summed E-state index contributed by atoms with van der Waals surface area (Å²) in [7, 11) is 0. The van der Waals surface area contributed by atoms with Crippen LogP contribution in [0.3, 0.4) is 0 Å². The topological polar surface area (TPSA) is 83.3 Å². The maximum Gasteiger partial charge on any atom is 0.348 e. The molecule has 2 aromatic carbocycles. The van der Waals surface area contributed by atoms with Crippen LogP contribution in [0.5, 0.6) is 0 Å². The average Bonchev–Trinajstić information content (AvgIpc) is 3.12. The van der Waals surface area contributed by atoms with Gasteiger partial charge in [-0.1, -0.05) is 27.5 Å². The van der Waals surface area contributed by atoms with E-state index in [1.807, 2.05) is 24.3 Å². The molecule has 148 valence electrons. The number of halogens is 3. The first-order valence-corrected chi connectivity index (χ1v) is 9.98. The summed E-state index contributed by atoms with van der Waals surface area (Å²) in [5.74, 6) is 1.25. The lowest BCUT2D eigenvalue weighted by Gasteiger charge is -2.14. The number of aromatic amines is 1. The van der Waals surface area contributed by atoms with Crippen LogP contribution in [0.4, 0.5) is 0 Å². The molecule has 0 saturated heterocycles. The van der Waals surface area contributed by atoms with E-state index in [0.717, 1.165) is 46.4 Å². The highest BCUT2D eigenvalue weighted by Gasteiger charge is 2.19. The molecule has 0 atom stereocenters. The highest BCUT2D eigenvalue weighted by molar-refractivity contribution is 9.10. The number of amidine groups is 1. The van der Waals surface area contributed by atoms with Crippen LogP contribution >= 0.6 is 39.9 Å². The van der Waals surface area contributed by atoms with Gasteiger partial charge in [-0.3, -0.25) is 4.99 Å². The molecule has 9 heteroatoms. The fourth-order valence-corrected chi connectivity index (χ4v) is 4.02. The highest BCUT2D eigenvalue weighted by atomic mass is 79.9. The smallest absolute Gasteiger partial charge is 0.348 e. The lowest BCUT2D eigenvalue weighted by Crippen LogP contribution is -2.30. The first-order chi connectivity index (χ1) is 13.6. The van der Waals surface area contributed by atoms with Crippen LogP contribution in [0.1, 0.15) is 12.0 Å². The van der Waals surface area contributed by atoms with Gasteiger partial charge in [0, 0.05) is 28.5 Å². The molecule has 1 aliphatic rings. The Balaban J connectivity index is 0.00000205. The lowest BCUT2D eigenvalue weighted by molar-refractivity contribution is 0.563. The van der Waals surface area contributed by atoms with Crippen molar-refractivity contribution in [2.75, 3.05) is 13.1 Å². The van der Waals surface area contributed by atoms with Gasteiger partial charge in [-0.25, -0.2) is 9.78 Å². The maximum atomic E-state index is 12.6. The van der Waals surface area contributed by atoms with Crippen molar-refractivity contribution in [2.45, 2.75) is 6.42 Å². The van der Waals surface area contributed by atoms with E-state index in [4.69, 9.17) is 16.0 Å². The predicted octanol–water partition coefficient (Wildman–Crippen LogP) is 4.91. The molecule has 0 saturated carbocycles. The largest absolute Gasteiger partial charge is 0.422 e. The minimum Gasteiger partial charge on any atom is -0.422 e. The van der Waals surface area contributed by atoms with Gasteiger partial charge in [-0.15, -0.1) is 12.4 Å². The monoisotopic (exact) mass is 492 g/mol. The minimum atomic E-state index is -0.530. The SMILES string of the molecule is Cl.O=c1oc2ccc(Br)cc2c(Cl)c1-c1nc2ccc(C3=NCCCN3)cc2[nH]1. The molecule has 0 radical (unpaired) electrons. The normalized spacial score (nSPS) is 13.8. The number of aromatic nitrogens is 2. The van der Waals surface area contributed by atoms with E-state index < -0.39 is 5.63 Å². The van der Waals surface area contributed by atoms with Gasteiger partial charge in [0.1, 0.15) is 22.8 Å². The Morgan fingerprint density at radius 1 is 1.17 bits per heavy atom. The van der Waals surface area contributed by atoms with Crippen LogP contribution in [0, 0.1) is 0 Å². The predicted molar refractivity (Wildman–Crippen MR) is 122 cm³/mol. The Hall–Kier alpha value is -2.35. The Labute approximate surface area is 184 Å². The Morgan fingerprint density at radius 2 is 2.03 bits per heavy atom. The van der Waals surface area contributed by atoms with Gasteiger partial charge in [0.2, 0.25) is 0 Å². The Kier molecular flexibility index (Phi) is 5.38. The van der Waals surface area contributed by atoms with E-state index in [-0.39, 0.29) is 18.0 Å². The minimum absolute atomic E-state index is 0. The number of nitrogens with one attached hydrogen (secondary N) is 2. The van der Waals surface area contributed by atoms with Crippen LogP contribution in [-0.4, -0.2) is 28.9 Å². The molecule has 2 N–H and O–H groups in total. The summed E-state index contributed by atoms with van der Waals surface area (Å²) in [6.45, 7) is 1.73. The molecule has 3 heterocycles. The molecule has 0 bridgehead atoms. The number of benzene rings is 2. The van der Waals surface area contributed by atoms with Crippen LogP contribution in [0.15, 0.2) is 55.1 Å². The zero-order chi connectivity index (χ0) is 19.3. The van der Waals surface area contributed by atoms with Gasteiger partial charge in [0.15, 0.2) is 0 Å². The number of nitrogens with zero attached hydrogens (tertiary/aromatic N) is 2. The summed E-state index contributed by atoms with van der Waals surface area (Å²) in [6, 6.07) is 11.2. The molecule has 0 spiro atoms. The van der Waals surface area contributed by atoms with E-state index in [2.05, 4.69) is 36.2 Å². The van der Waals surface area contributed by atoms with Crippen molar-refractivity contribution in [3.05, 3.63) is 61.9 Å². The van der Waals surface area contributed by atoms with Crippen LogP contribution in [0.25, 0.3) is 33.4 Å². The van der Waals surface area contributed by atoms with Gasteiger partial charge in [0.05, 0.1) is 16.1 Å². The van der Waals surface area contributed by atoms with E-state index in [0.29, 0.717) is 21.8 Å². The highest BCUT2D eigenvalue weighted by Crippen LogP contribution is 2.32. The number of imidazole rings is 1. The molecule has 4 aromatic rings. The first kappa shape index (κ1) is 19.9. The summed E-state index contributed by atoms with van der Waals surface area (Å²) >= 11 is 9.98. The molecule has 6 nitrogen and oxygen atoms in total. The number of aliphatic imine (C=N–C) groups is 1. The summed E-state index contributed by atoms with van der Waals surface area (Å²) < 4.78 is 6.29. The van der Waals surface area contributed by atoms with Crippen molar-refractivity contribution >= 4 is 67.8 Å². The number of hydrogen-bond donors (Lipinski definition) is 2. The van der Waals surface area contributed by atoms with Crippen LogP contribution in [0.2, 0.25) is 5.02 Å². The van der Waals surface area contributed by atoms with Crippen molar-refractivity contribution in [3.8, 4) is 11.4 Å². The molecular weight excluding hydrogens is 479 g/mol. The van der Waals surface area contributed by atoms with E-state index in [9.17, 15) is 4.79 Å². The number of H-pyrrole nitrogens is 1. The second-order valence-electron chi connectivity index (χ2n) is 6.55. The van der Waals surface area contributed by atoms with Crippen molar-refractivity contribution in [1.82, 2.24) is 15.3 Å². The summed E-state index contributed by atoms with van der Waals surface area (Å²) in [5, 5.41) is 4.26. The molecule has 29 heavy (non-hydrogen) atoms. The molecule has 2 aromatic heterocycles. The zero-order valence-electron chi connectivity index (χ0n) is 15.0. The Morgan fingerprint density at radius 3 is 2.83 bits per heavy atom. The molecule has 0 fully saturated rings. The summed E-state index contributed by atoms with van der Waals surface area (Å²) in [5.41, 5.74) is 2.63. The molecule has 0 aliphatic carbocycles. The van der Waals surface area contributed by atoms with Gasteiger partial charge >= 0.3 is 5.63 Å². The third-order valence-electron chi connectivity index (χ3n) is 4.69. The van der Waals surface area contributed by atoms with Gasteiger partial charge in [0.25, 0.3) is 0 Å². The fourth-order valence-electron chi connectivity index (χ4n) is 3.34. The van der Waals surface area contributed by atoms with Crippen molar-refractivity contribution in [2.24, 2.45) is 4.99 Å². The van der Waals surface area contributed by atoms with Gasteiger partial charge in [-0.05, 0) is 42.8 Å². The van der Waals surface area contributed by atoms with Gasteiger partial charge < -0.3 is 14.7 Å². The second-order valence-corrected chi connectivity index (χ2v) is 7.84. The second kappa shape index (κ2) is 7.82. The zero-order valence-corrected chi connectivity index (χ0v) is 18.1. The van der Waals surface area contributed by atoms with Crippen LogP contribution in [-0.2, 0) is 0 Å². The fraction of sp³-hybridized carbons (Fsp3) is 0.150. The van der Waals surface area contributed by atoms with E-state index in [1.165, 1.54) is 0 Å². The maximum absolute atomic E-state index is 12.6. The molecule has 5 rings (SSSR count). The molecule has 1 aliphatic heterocycles. The first-order valence-electron chi connectivity index (χ1n) is 8.81. The summed E-state index contributed by atoms with van der Waals surface area (Å²) in [6.07, 6.45) is 1.03. The molecule has 0 unspecified atom stereocenters. The van der Waals surface area contributed by atoms with E-state index in [1.54, 1.807) is 12.1 Å². The lowest BCUT2D eigenvalue weighted by atomic mass is 10.1. The van der Waals surface area contributed by atoms with Crippen molar-refractivity contribution in [1.29, 1.82) is 0 Å². The number of rotatable bonds is 2. The molecule has 0 amide bonds. The van der Waals surface area contributed by atoms with E-state index >= 15 is 0 Å². The quantitative estimate of drug-likeness (QED) is 0.388. The molecular formula is C20H15BrCl2N4O2. The third-order valence-corrected chi connectivity index (χ3v) is 5.58. The summed E-state index contributed by atoms with van der Waals surface area (Å²) in [4.78, 5) is 24.9. The van der Waals surface area contributed by atoms with Crippen molar-refractivity contribution in [3.63, 3.8) is 0 Å². The Bertz CT molecular complexity index is 1330. The third kappa shape index (κ3) is 3.54. The van der Waals surface area contributed by atoms with Crippen LogP contribution < -0.4 is 10.9 Å². The van der Waals surface area contributed by atoms with Crippen molar-refractivity contribution < 1.29 is 4.42 Å². The van der Waals surface area contributed by atoms with Gasteiger partial charge in [-0.2, -0.15) is 0 Å². The standard InChI is InChI=1S/C20H14BrClN4O2.ClH/c21-11-3-5-15-12(9-11)17(22)16(20(27)28-15)19-25-13-4-2-10(8-14(13)26-19)18-23-6-1-7-24-18;/h2-5,8-9H,1,6-7H2,(H,23,24)(H,25,26);1H.